The summed E-state index contributed by atoms with van der Waals surface area (Å²) in [6.45, 7) is 3.69. The Morgan fingerprint density at radius 1 is 0.950 bits per heavy atom. The minimum Gasteiger partial charge on any atom is -0.392 e. The maximum Gasteiger partial charge on any atom is 0.250 e. The van der Waals surface area contributed by atoms with Gasteiger partial charge in [-0.15, -0.1) is 0 Å². The quantitative estimate of drug-likeness (QED) is 0.576. The molecule has 0 amide bonds. The van der Waals surface area contributed by atoms with E-state index in [0.29, 0.717) is 0 Å². The molecule has 1 aromatic rings. The standard InChI is InChI=1S/C10H16Cl3N5O2/c1-5(19)3-14-8-16-7(10(11,12)13)17-9(18-8)15-4-6(2)20/h5-6,19-20H,3-4H2,1-2H3,(H2,14,15,16,17,18). The van der Waals surface area contributed by atoms with Crippen LogP contribution < -0.4 is 10.6 Å². The van der Waals surface area contributed by atoms with E-state index in [9.17, 15) is 10.2 Å². The first-order chi connectivity index (χ1) is 9.18. The van der Waals surface area contributed by atoms with Gasteiger partial charge in [-0.05, 0) is 13.8 Å². The molecule has 0 radical (unpaired) electrons. The molecule has 0 bridgehead atoms. The van der Waals surface area contributed by atoms with Crippen molar-refractivity contribution in [3.8, 4) is 0 Å². The SMILES string of the molecule is CC(O)CNc1nc(NCC(C)O)nc(C(Cl)(Cl)Cl)n1. The van der Waals surface area contributed by atoms with Crippen LogP contribution >= 0.6 is 34.8 Å². The molecule has 0 aliphatic carbocycles. The Hall–Kier alpha value is -0.600. The Morgan fingerprint density at radius 2 is 1.35 bits per heavy atom. The highest BCUT2D eigenvalue weighted by Gasteiger charge is 2.28. The molecule has 2 atom stereocenters. The highest BCUT2D eigenvalue weighted by atomic mass is 35.6. The molecular weight excluding hydrogens is 329 g/mol. The molecule has 0 saturated carbocycles. The summed E-state index contributed by atoms with van der Waals surface area (Å²) in [6, 6.07) is 0. The highest BCUT2D eigenvalue weighted by Crippen LogP contribution is 2.36. The fourth-order valence-electron chi connectivity index (χ4n) is 1.14. The van der Waals surface area contributed by atoms with Crippen LogP contribution in [0.25, 0.3) is 0 Å². The molecule has 0 saturated heterocycles. The van der Waals surface area contributed by atoms with Gasteiger partial charge in [0.2, 0.25) is 15.7 Å². The van der Waals surface area contributed by atoms with Crippen molar-refractivity contribution in [1.82, 2.24) is 15.0 Å². The number of rotatable bonds is 6. The van der Waals surface area contributed by atoms with E-state index in [1.807, 2.05) is 0 Å². The van der Waals surface area contributed by atoms with Crippen LogP contribution in [0.4, 0.5) is 11.9 Å². The zero-order valence-corrected chi connectivity index (χ0v) is 13.2. The molecule has 0 aliphatic rings. The lowest BCUT2D eigenvalue weighted by molar-refractivity contribution is 0.208. The normalized spacial score (nSPS) is 14.8. The summed E-state index contributed by atoms with van der Waals surface area (Å²) in [5, 5.41) is 24.0. The Kier molecular flexibility index (Phi) is 6.47. The van der Waals surface area contributed by atoms with Crippen molar-refractivity contribution < 1.29 is 10.2 Å². The molecule has 114 valence electrons. The fourth-order valence-corrected chi connectivity index (χ4v) is 1.39. The van der Waals surface area contributed by atoms with Crippen molar-refractivity contribution in [3.05, 3.63) is 5.82 Å². The number of nitrogens with zero attached hydrogens (tertiary/aromatic N) is 3. The number of hydrogen-bond acceptors (Lipinski definition) is 7. The van der Waals surface area contributed by atoms with E-state index in [-0.39, 0.29) is 30.8 Å². The maximum absolute atomic E-state index is 9.23. The van der Waals surface area contributed by atoms with Crippen LogP contribution in [0.5, 0.6) is 0 Å². The summed E-state index contributed by atoms with van der Waals surface area (Å²) in [5.74, 6) is 0.268. The Morgan fingerprint density at radius 3 is 1.65 bits per heavy atom. The third-order valence-electron chi connectivity index (χ3n) is 2.00. The van der Waals surface area contributed by atoms with Gasteiger partial charge in [-0.3, -0.25) is 0 Å². The van der Waals surface area contributed by atoms with Crippen LogP contribution in [0, 0.1) is 0 Å². The average Bonchev–Trinajstić information content (AvgIpc) is 2.32. The van der Waals surface area contributed by atoms with Gasteiger partial charge in [0, 0.05) is 13.1 Å². The summed E-state index contributed by atoms with van der Waals surface area (Å²) in [6.07, 6.45) is -1.17. The Bertz CT molecular complexity index is 409. The Balaban J connectivity index is 2.95. The van der Waals surface area contributed by atoms with Gasteiger partial charge in [0.15, 0.2) is 5.82 Å². The first-order valence-corrected chi connectivity index (χ1v) is 6.99. The van der Waals surface area contributed by atoms with E-state index >= 15 is 0 Å². The van der Waals surface area contributed by atoms with Gasteiger partial charge in [0.25, 0.3) is 0 Å². The first-order valence-electron chi connectivity index (χ1n) is 5.85. The van der Waals surface area contributed by atoms with Gasteiger partial charge >= 0.3 is 0 Å². The summed E-state index contributed by atoms with van der Waals surface area (Å²) < 4.78 is -1.80. The van der Waals surface area contributed by atoms with Crippen molar-refractivity contribution in [2.24, 2.45) is 0 Å². The largest absolute Gasteiger partial charge is 0.392 e. The second kappa shape index (κ2) is 7.42. The summed E-state index contributed by atoms with van der Waals surface area (Å²) >= 11 is 17.3. The van der Waals surface area contributed by atoms with Gasteiger partial charge in [-0.2, -0.15) is 15.0 Å². The molecule has 1 heterocycles. The highest BCUT2D eigenvalue weighted by molar-refractivity contribution is 6.66. The second-order valence-electron chi connectivity index (χ2n) is 4.26. The number of halogens is 3. The van der Waals surface area contributed by atoms with Crippen LogP contribution in [-0.2, 0) is 3.79 Å². The molecule has 10 heteroatoms. The minimum absolute atomic E-state index is 0.0568. The van der Waals surface area contributed by atoms with E-state index in [4.69, 9.17) is 34.8 Å². The molecule has 0 spiro atoms. The van der Waals surface area contributed by atoms with E-state index in [2.05, 4.69) is 25.6 Å². The van der Waals surface area contributed by atoms with E-state index < -0.39 is 16.0 Å². The zero-order chi connectivity index (χ0) is 15.3. The molecule has 0 aliphatic heterocycles. The smallest absolute Gasteiger partial charge is 0.250 e. The number of alkyl halides is 3. The van der Waals surface area contributed by atoms with Gasteiger partial charge in [0.1, 0.15) is 0 Å². The van der Waals surface area contributed by atoms with Gasteiger partial charge in [-0.25, -0.2) is 0 Å². The molecule has 20 heavy (non-hydrogen) atoms. The number of aromatic nitrogens is 3. The van der Waals surface area contributed by atoms with E-state index in [1.165, 1.54) is 0 Å². The van der Waals surface area contributed by atoms with Crippen LogP contribution in [0.15, 0.2) is 0 Å². The summed E-state index contributed by atoms with van der Waals surface area (Å²) in [4.78, 5) is 12.0. The third-order valence-corrected chi connectivity index (χ3v) is 2.51. The number of nitrogens with one attached hydrogen (secondary N) is 2. The first kappa shape index (κ1) is 17.5. The topological polar surface area (TPSA) is 103 Å². The third kappa shape index (κ3) is 6.23. The molecule has 0 aromatic carbocycles. The predicted octanol–water partition coefficient (Wildman–Crippen LogP) is 1.28. The lowest BCUT2D eigenvalue weighted by Crippen LogP contribution is -2.22. The lowest BCUT2D eigenvalue weighted by Gasteiger charge is -2.14. The van der Waals surface area contributed by atoms with E-state index in [0.717, 1.165) is 0 Å². The van der Waals surface area contributed by atoms with E-state index in [1.54, 1.807) is 13.8 Å². The van der Waals surface area contributed by atoms with Crippen molar-refractivity contribution in [2.45, 2.75) is 29.8 Å². The zero-order valence-electron chi connectivity index (χ0n) is 10.9. The lowest BCUT2D eigenvalue weighted by atomic mass is 10.4. The molecular formula is C10H16Cl3N5O2. The van der Waals surface area contributed by atoms with Crippen molar-refractivity contribution in [2.75, 3.05) is 23.7 Å². The van der Waals surface area contributed by atoms with Crippen LogP contribution in [0.1, 0.15) is 19.7 Å². The van der Waals surface area contributed by atoms with Gasteiger partial charge in [0.05, 0.1) is 12.2 Å². The monoisotopic (exact) mass is 343 g/mol. The number of aliphatic hydroxyl groups excluding tert-OH is 2. The van der Waals surface area contributed by atoms with Crippen LogP contribution in [-0.4, -0.2) is 50.5 Å². The molecule has 1 rings (SSSR count). The van der Waals surface area contributed by atoms with Crippen molar-refractivity contribution in [1.29, 1.82) is 0 Å². The van der Waals surface area contributed by atoms with Crippen molar-refractivity contribution >= 4 is 46.7 Å². The van der Waals surface area contributed by atoms with Crippen LogP contribution in [0.3, 0.4) is 0 Å². The summed E-state index contributed by atoms with van der Waals surface area (Å²) in [7, 11) is 0. The van der Waals surface area contributed by atoms with Gasteiger partial charge in [-0.1, -0.05) is 34.8 Å². The molecule has 7 nitrogen and oxygen atoms in total. The number of anilines is 2. The van der Waals surface area contributed by atoms with Crippen LogP contribution in [0.2, 0.25) is 0 Å². The summed E-state index contributed by atoms with van der Waals surface area (Å²) in [5.41, 5.74) is 0. The molecule has 2 unspecified atom stereocenters. The second-order valence-corrected chi connectivity index (χ2v) is 6.55. The molecule has 1 aromatic heterocycles. The Labute approximate surface area is 131 Å². The maximum atomic E-state index is 9.23. The minimum atomic E-state index is -1.80. The van der Waals surface area contributed by atoms with Gasteiger partial charge < -0.3 is 20.8 Å². The average molecular weight is 345 g/mol. The number of aliphatic hydroxyl groups is 2. The van der Waals surface area contributed by atoms with Crippen molar-refractivity contribution in [3.63, 3.8) is 0 Å². The molecule has 0 fully saturated rings. The number of hydrogen-bond donors (Lipinski definition) is 4. The predicted molar refractivity (Wildman–Crippen MR) is 79.4 cm³/mol. The fraction of sp³-hybridized carbons (Fsp3) is 0.700. The molecule has 4 N–H and O–H groups in total.